The number of rotatable bonds is 6. The number of hydrogen-bond acceptors (Lipinski definition) is 4. The predicted molar refractivity (Wildman–Crippen MR) is 115 cm³/mol. The fraction of sp³-hybridized carbons (Fsp3) is 0.0500. The van der Waals surface area contributed by atoms with Crippen molar-refractivity contribution in [3.63, 3.8) is 0 Å². The summed E-state index contributed by atoms with van der Waals surface area (Å²) in [6.45, 7) is 0. The number of anilines is 2. The highest BCUT2D eigenvalue weighted by molar-refractivity contribution is 7.92. The number of ether oxygens (including phenoxy) is 1. The molecular formula is C20H13Cl2F3N2O4S. The van der Waals surface area contributed by atoms with E-state index in [1.165, 1.54) is 42.5 Å². The molecule has 0 spiro atoms. The van der Waals surface area contributed by atoms with Gasteiger partial charge in [-0.05, 0) is 42.5 Å². The minimum absolute atomic E-state index is 0.0511. The number of hydrogen-bond donors (Lipinski definition) is 2. The number of amides is 1. The first-order valence-electron chi connectivity index (χ1n) is 8.69. The second-order valence-corrected chi connectivity index (χ2v) is 8.78. The van der Waals surface area contributed by atoms with Crippen molar-refractivity contribution in [1.29, 1.82) is 0 Å². The molecule has 12 heteroatoms. The van der Waals surface area contributed by atoms with Crippen LogP contribution in [0.4, 0.5) is 24.5 Å². The molecular weight excluding hydrogens is 492 g/mol. The van der Waals surface area contributed by atoms with Crippen LogP contribution in [0, 0.1) is 0 Å². The number of halogens is 5. The van der Waals surface area contributed by atoms with Crippen LogP contribution in [-0.4, -0.2) is 20.7 Å². The molecule has 0 bridgehead atoms. The van der Waals surface area contributed by atoms with Crippen LogP contribution >= 0.6 is 23.2 Å². The summed E-state index contributed by atoms with van der Waals surface area (Å²) < 4.78 is 68.7. The Balaban J connectivity index is 1.87. The van der Waals surface area contributed by atoms with Gasteiger partial charge in [0.25, 0.3) is 15.9 Å². The van der Waals surface area contributed by atoms with Crippen molar-refractivity contribution >= 4 is 50.5 Å². The molecule has 1 amide bonds. The molecule has 0 unspecified atom stereocenters. The number of para-hydroxylation sites is 1. The molecule has 0 saturated carbocycles. The van der Waals surface area contributed by atoms with E-state index in [4.69, 9.17) is 23.2 Å². The molecule has 0 saturated heterocycles. The van der Waals surface area contributed by atoms with E-state index >= 15 is 0 Å². The average molecular weight is 505 g/mol. The lowest BCUT2D eigenvalue weighted by Crippen LogP contribution is -2.19. The summed E-state index contributed by atoms with van der Waals surface area (Å²) in [4.78, 5) is 12.2. The first-order chi connectivity index (χ1) is 14.9. The molecule has 32 heavy (non-hydrogen) atoms. The smallest absolute Gasteiger partial charge is 0.406 e. The maximum absolute atomic E-state index is 12.7. The van der Waals surface area contributed by atoms with E-state index in [-0.39, 0.29) is 22.0 Å². The van der Waals surface area contributed by atoms with Gasteiger partial charge in [0.1, 0.15) is 5.75 Å². The molecule has 0 fully saturated rings. The summed E-state index contributed by atoms with van der Waals surface area (Å²) in [6, 6.07) is 13.9. The summed E-state index contributed by atoms with van der Waals surface area (Å²) in [5.74, 6) is -1.38. The highest BCUT2D eigenvalue weighted by Gasteiger charge is 2.31. The standard InChI is InChI=1S/C20H13Cl2F3N2O4S/c21-12-8-9-18(16(22)10-12)26-19(28)15-6-1-2-7-17(15)27-32(29,30)14-5-3-4-13(11-14)31-20(23,24)25/h1-11,27H,(H,26,28). The van der Waals surface area contributed by atoms with E-state index in [1.54, 1.807) is 0 Å². The third kappa shape index (κ3) is 6.06. The maximum atomic E-state index is 12.7. The van der Waals surface area contributed by atoms with Crippen molar-refractivity contribution in [3.05, 3.63) is 82.3 Å². The molecule has 0 heterocycles. The van der Waals surface area contributed by atoms with Crippen LogP contribution in [0.5, 0.6) is 5.75 Å². The van der Waals surface area contributed by atoms with Crippen LogP contribution in [0.3, 0.4) is 0 Å². The largest absolute Gasteiger partial charge is 0.573 e. The van der Waals surface area contributed by atoms with Crippen molar-refractivity contribution in [3.8, 4) is 5.75 Å². The zero-order valence-corrected chi connectivity index (χ0v) is 18.1. The van der Waals surface area contributed by atoms with Crippen LogP contribution in [0.25, 0.3) is 0 Å². The molecule has 3 aromatic carbocycles. The third-order valence-electron chi connectivity index (χ3n) is 3.94. The number of carbonyl (C=O) groups excluding carboxylic acids is 1. The minimum atomic E-state index is -4.98. The highest BCUT2D eigenvalue weighted by Crippen LogP contribution is 2.29. The fourth-order valence-corrected chi connectivity index (χ4v) is 4.16. The molecule has 0 aliphatic heterocycles. The molecule has 0 radical (unpaired) electrons. The number of carbonyl (C=O) groups is 1. The molecule has 0 atom stereocenters. The summed E-state index contributed by atoms with van der Waals surface area (Å²) in [7, 11) is -4.35. The Hall–Kier alpha value is -2.95. The van der Waals surface area contributed by atoms with Gasteiger partial charge < -0.3 is 10.1 Å². The topological polar surface area (TPSA) is 84.5 Å². The van der Waals surface area contributed by atoms with Crippen LogP contribution in [0.15, 0.2) is 71.6 Å². The Bertz CT molecular complexity index is 1270. The second kappa shape index (κ2) is 9.27. The van der Waals surface area contributed by atoms with Crippen LogP contribution in [-0.2, 0) is 10.0 Å². The van der Waals surface area contributed by atoms with Crippen molar-refractivity contribution in [1.82, 2.24) is 0 Å². The van der Waals surface area contributed by atoms with Crippen molar-refractivity contribution < 1.29 is 31.1 Å². The molecule has 0 aliphatic rings. The fourth-order valence-electron chi connectivity index (χ4n) is 2.59. The summed E-state index contributed by atoms with van der Waals surface area (Å²) in [6.07, 6.45) is -4.98. The van der Waals surface area contributed by atoms with Crippen LogP contribution in [0.1, 0.15) is 10.4 Å². The number of benzene rings is 3. The normalized spacial score (nSPS) is 11.7. The van der Waals surface area contributed by atoms with Gasteiger partial charge >= 0.3 is 6.36 Å². The third-order valence-corrected chi connectivity index (χ3v) is 5.86. The van der Waals surface area contributed by atoms with Gasteiger partial charge in [-0.15, -0.1) is 13.2 Å². The lowest BCUT2D eigenvalue weighted by Gasteiger charge is -2.14. The summed E-state index contributed by atoms with van der Waals surface area (Å²) in [5, 5.41) is 3.08. The van der Waals surface area contributed by atoms with Crippen LogP contribution < -0.4 is 14.8 Å². The quantitative estimate of drug-likeness (QED) is 0.434. The zero-order valence-electron chi connectivity index (χ0n) is 15.8. The van der Waals surface area contributed by atoms with E-state index in [0.29, 0.717) is 11.1 Å². The van der Waals surface area contributed by atoms with Gasteiger partial charge in [0.05, 0.1) is 26.9 Å². The Morgan fingerprint density at radius 2 is 1.62 bits per heavy atom. The van der Waals surface area contributed by atoms with Crippen molar-refractivity contribution in [2.24, 2.45) is 0 Å². The number of alkyl halides is 3. The van der Waals surface area contributed by atoms with E-state index in [1.807, 2.05) is 0 Å². The highest BCUT2D eigenvalue weighted by atomic mass is 35.5. The Morgan fingerprint density at radius 1 is 0.906 bits per heavy atom. The van der Waals surface area contributed by atoms with E-state index in [0.717, 1.165) is 18.2 Å². The van der Waals surface area contributed by atoms with Gasteiger partial charge in [-0.1, -0.05) is 41.4 Å². The Labute approximate surface area is 191 Å². The average Bonchev–Trinajstić information content (AvgIpc) is 2.69. The first kappa shape index (κ1) is 23.7. The molecule has 6 nitrogen and oxygen atoms in total. The lowest BCUT2D eigenvalue weighted by molar-refractivity contribution is -0.274. The van der Waals surface area contributed by atoms with Crippen molar-refractivity contribution in [2.75, 3.05) is 10.0 Å². The van der Waals surface area contributed by atoms with Gasteiger partial charge in [-0.3, -0.25) is 9.52 Å². The van der Waals surface area contributed by atoms with Gasteiger partial charge in [0, 0.05) is 11.1 Å². The van der Waals surface area contributed by atoms with E-state index in [9.17, 15) is 26.4 Å². The molecule has 0 aromatic heterocycles. The Morgan fingerprint density at radius 3 is 2.31 bits per heavy atom. The van der Waals surface area contributed by atoms with E-state index in [2.05, 4.69) is 14.8 Å². The lowest BCUT2D eigenvalue weighted by atomic mass is 10.1. The summed E-state index contributed by atoms with van der Waals surface area (Å²) >= 11 is 11.9. The SMILES string of the molecule is O=C(Nc1ccc(Cl)cc1Cl)c1ccccc1NS(=O)(=O)c1cccc(OC(F)(F)F)c1. The maximum Gasteiger partial charge on any atom is 0.573 e. The summed E-state index contributed by atoms with van der Waals surface area (Å²) in [5.41, 5.74) is 0.0951. The second-order valence-electron chi connectivity index (χ2n) is 6.25. The van der Waals surface area contributed by atoms with Crippen LogP contribution in [0.2, 0.25) is 10.0 Å². The van der Waals surface area contributed by atoms with Gasteiger partial charge in [0.15, 0.2) is 0 Å². The number of sulfonamides is 1. The molecule has 3 rings (SSSR count). The minimum Gasteiger partial charge on any atom is -0.406 e. The van der Waals surface area contributed by atoms with Gasteiger partial charge in [-0.25, -0.2) is 8.42 Å². The molecule has 0 aliphatic carbocycles. The van der Waals surface area contributed by atoms with Crippen molar-refractivity contribution in [2.45, 2.75) is 11.3 Å². The van der Waals surface area contributed by atoms with E-state index < -0.39 is 32.9 Å². The molecule has 3 aromatic rings. The Kier molecular flexibility index (Phi) is 6.87. The molecule has 2 N–H and O–H groups in total. The monoisotopic (exact) mass is 504 g/mol. The number of nitrogens with one attached hydrogen (secondary N) is 2. The van der Waals surface area contributed by atoms with Gasteiger partial charge in [0.2, 0.25) is 0 Å². The molecule has 168 valence electrons. The predicted octanol–water partition coefficient (Wildman–Crippen LogP) is 5.95. The van der Waals surface area contributed by atoms with Gasteiger partial charge in [-0.2, -0.15) is 0 Å². The first-order valence-corrected chi connectivity index (χ1v) is 10.9. The zero-order chi connectivity index (χ0) is 23.5.